The Bertz CT molecular complexity index is 641. The van der Waals surface area contributed by atoms with E-state index in [9.17, 15) is 0 Å². The van der Waals surface area contributed by atoms with Crippen LogP contribution in [0.15, 0.2) is 42.7 Å². The van der Waals surface area contributed by atoms with Crippen LogP contribution in [0.3, 0.4) is 0 Å². The molecule has 4 nitrogen and oxygen atoms in total. The van der Waals surface area contributed by atoms with E-state index in [1.807, 2.05) is 6.20 Å². The van der Waals surface area contributed by atoms with Gasteiger partial charge in [0.2, 0.25) is 0 Å². The highest BCUT2D eigenvalue weighted by Crippen LogP contribution is 2.19. The van der Waals surface area contributed by atoms with E-state index in [1.165, 1.54) is 43.6 Å². The smallest absolute Gasteiger partial charge is 0.0534 e. The molecule has 1 aliphatic rings. The highest BCUT2D eigenvalue weighted by Gasteiger charge is 2.20. The molecule has 26 heavy (non-hydrogen) atoms. The van der Waals surface area contributed by atoms with E-state index in [0.717, 1.165) is 25.4 Å². The van der Waals surface area contributed by atoms with Gasteiger partial charge in [0.25, 0.3) is 0 Å². The fraction of sp³-hybridized carbons (Fsp3) is 0.591. The van der Waals surface area contributed by atoms with Gasteiger partial charge in [-0.25, -0.2) is 0 Å². The van der Waals surface area contributed by atoms with Crippen molar-refractivity contribution in [1.82, 2.24) is 19.6 Å². The summed E-state index contributed by atoms with van der Waals surface area (Å²) in [5, 5.41) is 4.53. The van der Waals surface area contributed by atoms with Crippen molar-refractivity contribution in [3.8, 4) is 0 Å². The lowest BCUT2D eigenvalue weighted by molar-refractivity contribution is 0.157. The molecular formula is C22H34N4. The minimum absolute atomic E-state index is 0.426. The molecule has 1 saturated heterocycles. The molecule has 142 valence electrons. The van der Waals surface area contributed by atoms with Gasteiger partial charge in [-0.15, -0.1) is 0 Å². The number of rotatable bonds is 8. The van der Waals surface area contributed by atoms with E-state index in [0.29, 0.717) is 6.04 Å². The van der Waals surface area contributed by atoms with E-state index >= 15 is 0 Å². The Kier molecular flexibility index (Phi) is 6.86. The van der Waals surface area contributed by atoms with E-state index in [4.69, 9.17) is 0 Å². The molecule has 2 aromatic rings. The molecule has 1 aromatic heterocycles. The summed E-state index contributed by atoms with van der Waals surface area (Å²) >= 11 is 0. The Labute approximate surface area is 158 Å². The van der Waals surface area contributed by atoms with Gasteiger partial charge in [-0.1, -0.05) is 30.3 Å². The molecule has 0 bridgehead atoms. The first kappa shape index (κ1) is 19.1. The van der Waals surface area contributed by atoms with Crippen LogP contribution in [0.25, 0.3) is 0 Å². The highest BCUT2D eigenvalue weighted by atomic mass is 15.3. The Hall–Kier alpha value is -1.65. The molecule has 1 aromatic carbocycles. The minimum Gasteiger partial charge on any atom is -0.306 e. The first-order chi connectivity index (χ1) is 12.6. The van der Waals surface area contributed by atoms with Crippen molar-refractivity contribution >= 4 is 0 Å². The number of aromatic nitrogens is 2. The summed E-state index contributed by atoms with van der Waals surface area (Å²) in [4.78, 5) is 5.10. The van der Waals surface area contributed by atoms with Crippen molar-refractivity contribution in [2.45, 2.75) is 45.7 Å². The third-order valence-corrected chi connectivity index (χ3v) is 5.50. The summed E-state index contributed by atoms with van der Waals surface area (Å²) < 4.78 is 2.07. The molecule has 0 radical (unpaired) electrons. The van der Waals surface area contributed by atoms with Crippen LogP contribution >= 0.6 is 0 Å². The highest BCUT2D eigenvalue weighted by molar-refractivity contribution is 5.15. The van der Waals surface area contributed by atoms with Crippen LogP contribution in [-0.2, 0) is 13.0 Å². The van der Waals surface area contributed by atoms with Gasteiger partial charge in [0, 0.05) is 37.4 Å². The lowest BCUT2D eigenvalue weighted by Crippen LogP contribution is -2.37. The topological polar surface area (TPSA) is 24.3 Å². The SMILES string of the molecule is CC(C)n1cc(CN(CCc2ccccc2)CC2CCN(C)CC2)cn1. The number of hydrogen-bond acceptors (Lipinski definition) is 3. The van der Waals surface area contributed by atoms with Crippen molar-refractivity contribution in [3.05, 3.63) is 53.9 Å². The summed E-state index contributed by atoms with van der Waals surface area (Å²) in [5.74, 6) is 0.821. The first-order valence-corrected chi connectivity index (χ1v) is 10.1. The Morgan fingerprint density at radius 2 is 1.85 bits per heavy atom. The zero-order valence-electron chi connectivity index (χ0n) is 16.6. The van der Waals surface area contributed by atoms with Crippen molar-refractivity contribution < 1.29 is 0 Å². The Balaban J connectivity index is 1.61. The van der Waals surface area contributed by atoms with Gasteiger partial charge in [-0.05, 0) is 64.7 Å². The molecule has 0 saturated carbocycles. The standard InChI is InChI=1S/C22H34N4/c1-19(2)26-18-22(15-23-26)17-25(14-11-20-7-5-4-6-8-20)16-21-9-12-24(3)13-10-21/h4-8,15,18-19,21H,9-14,16-17H2,1-3H3. The summed E-state index contributed by atoms with van der Waals surface area (Å²) in [5.41, 5.74) is 2.76. The normalized spacial score (nSPS) is 16.7. The van der Waals surface area contributed by atoms with Gasteiger partial charge in [0.05, 0.1) is 6.20 Å². The molecule has 0 aliphatic carbocycles. The summed E-state index contributed by atoms with van der Waals surface area (Å²) in [6.07, 6.45) is 8.03. The van der Waals surface area contributed by atoms with Gasteiger partial charge < -0.3 is 4.90 Å². The monoisotopic (exact) mass is 354 g/mol. The van der Waals surface area contributed by atoms with Crippen LogP contribution in [0.1, 0.15) is 43.9 Å². The van der Waals surface area contributed by atoms with Gasteiger partial charge in [-0.2, -0.15) is 5.10 Å². The number of likely N-dealkylation sites (tertiary alicyclic amines) is 1. The molecule has 0 N–H and O–H groups in total. The summed E-state index contributed by atoms with van der Waals surface area (Å²) in [7, 11) is 2.24. The molecule has 0 amide bonds. The van der Waals surface area contributed by atoms with Crippen LogP contribution in [0, 0.1) is 5.92 Å². The number of piperidine rings is 1. The molecule has 3 rings (SSSR count). The van der Waals surface area contributed by atoms with Crippen LogP contribution in [0.5, 0.6) is 0 Å². The zero-order chi connectivity index (χ0) is 18.4. The molecular weight excluding hydrogens is 320 g/mol. The fourth-order valence-corrected chi connectivity index (χ4v) is 3.78. The summed E-state index contributed by atoms with van der Waals surface area (Å²) in [6.45, 7) is 10.2. The molecule has 0 unspecified atom stereocenters. The van der Waals surface area contributed by atoms with E-state index in [-0.39, 0.29) is 0 Å². The van der Waals surface area contributed by atoms with Crippen LogP contribution in [0.2, 0.25) is 0 Å². The molecule has 4 heteroatoms. The maximum absolute atomic E-state index is 4.53. The maximum Gasteiger partial charge on any atom is 0.0534 e. The van der Waals surface area contributed by atoms with Gasteiger partial charge in [0.15, 0.2) is 0 Å². The molecule has 1 fully saturated rings. The van der Waals surface area contributed by atoms with Crippen molar-refractivity contribution in [2.24, 2.45) is 5.92 Å². The molecule has 0 spiro atoms. The Morgan fingerprint density at radius 1 is 1.12 bits per heavy atom. The molecule has 1 aliphatic heterocycles. The number of hydrogen-bond donors (Lipinski definition) is 0. The number of benzene rings is 1. The van der Waals surface area contributed by atoms with Crippen molar-refractivity contribution in [3.63, 3.8) is 0 Å². The van der Waals surface area contributed by atoms with Crippen LogP contribution in [-0.4, -0.2) is 52.8 Å². The maximum atomic E-state index is 4.53. The molecule has 0 atom stereocenters. The molecule has 2 heterocycles. The van der Waals surface area contributed by atoms with Crippen LogP contribution in [0.4, 0.5) is 0 Å². The van der Waals surface area contributed by atoms with Crippen molar-refractivity contribution in [1.29, 1.82) is 0 Å². The van der Waals surface area contributed by atoms with Gasteiger partial charge in [-0.3, -0.25) is 9.58 Å². The zero-order valence-corrected chi connectivity index (χ0v) is 16.6. The average molecular weight is 355 g/mol. The quantitative estimate of drug-likeness (QED) is 0.720. The largest absolute Gasteiger partial charge is 0.306 e. The second-order valence-corrected chi connectivity index (χ2v) is 8.14. The minimum atomic E-state index is 0.426. The second kappa shape index (κ2) is 9.33. The van der Waals surface area contributed by atoms with Gasteiger partial charge in [0.1, 0.15) is 0 Å². The first-order valence-electron chi connectivity index (χ1n) is 10.1. The predicted octanol–water partition coefficient (Wildman–Crippen LogP) is 3.85. The third-order valence-electron chi connectivity index (χ3n) is 5.50. The van der Waals surface area contributed by atoms with E-state index in [1.54, 1.807) is 0 Å². The lowest BCUT2D eigenvalue weighted by atomic mass is 9.96. The fourth-order valence-electron chi connectivity index (χ4n) is 3.78. The third kappa shape index (κ3) is 5.68. The predicted molar refractivity (Wildman–Crippen MR) is 108 cm³/mol. The second-order valence-electron chi connectivity index (χ2n) is 8.14. The number of nitrogens with zero attached hydrogens (tertiary/aromatic N) is 4. The van der Waals surface area contributed by atoms with E-state index < -0.39 is 0 Å². The van der Waals surface area contributed by atoms with Crippen LogP contribution < -0.4 is 0 Å². The van der Waals surface area contributed by atoms with Crippen molar-refractivity contribution in [2.75, 3.05) is 33.2 Å². The average Bonchev–Trinajstić information content (AvgIpc) is 3.11. The van der Waals surface area contributed by atoms with Gasteiger partial charge >= 0.3 is 0 Å². The summed E-state index contributed by atoms with van der Waals surface area (Å²) in [6, 6.07) is 11.3. The Morgan fingerprint density at radius 3 is 2.50 bits per heavy atom. The van der Waals surface area contributed by atoms with E-state index in [2.05, 4.69) is 77.0 Å². The lowest BCUT2D eigenvalue weighted by Gasteiger charge is -2.33.